The Kier molecular flexibility index (Phi) is 6.52. The summed E-state index contributed by atoms with van der Waals surface area (Å²) in [5.41, 5.74) is 1.60. The van der Waals surface area contributed by atoms with Gasteiger partial charge in [-0.2, -0.15) is 0 Å². The number of aryl methyl sites for hydroxylation is 1. The highest BCUT2D eigenvalue weighted by Gasteiger charge is 2.13. The van der Waals surface area contributed by atoms with Crippen LogP contribution in [0.1, 0.15) is 41.6 Å². The standard InChI is InChI=1S/C18H22N4O2S/c1-5-10-22-13(3)20-21-18(22)25-11-17(24)16-8-6-15(7-9-16)12(2)19-14(4)23/h5-9,12H,1,10-11H2,2-4H3,(H,19,23)/t12-/m0/s1. The number of allylic oxidation sites excluding steroid dienone is 1. The second-order valence-electron chi connectivity index (χ2n) is 5.69. The molecule has 0 aliphatic carbocycles. The van der Waals surface area contributed by atoms with Crippen LogP contribution in [0.3, 0.4) is 0 Å². The van der Waals surface area contributed by atoms with Gasteiger partial charge in [0.15, 0.2) is 10.9 Å². The summed E-state index contributed by atoms with van der Waals surface area (Å²) in [4.78, 5) is 23.5. The van der Waals surface area contributed by atoms with Gasteiger partial charge in [-0.05, 0) is 19.4 Å². The molecular formula is C18H22N4O2S. The average Bonchev–Trinajstić information content (AvgIpc) is 2.93. The number of nitrogens with zero attached hydrogens (tertiary/aromatic N) is 3. The van der Waals surface area contributed by atoms with E-state index in [2.05, 4.69) is 22.1 Å². The lowest BCUT2D eigenvalue weighted by atomic mass is 10.0. The minimum atomic E-state index is -0.0866. The van der Waals surface area contributed by atoms with Gasteiger partial charge in [0.2, 0.25) is 5.91 Å². The first-order chi connectivity index (χ1) is 11.9. The molecule has 1 heterocycles. The molecule has 2 rings (SSSR count). The summed E-state index contributed by atoms with van der Waals surface area (Å²) < 4.78 is 1.92. The van der Waals surface area contributed by atoms with Crippen LogP contribution in [0.2, 0.25) is 0 Å². The van der Waals surface area contributed by atoms with Crippen molar-refractivity contribution in [3.63, 3.8) is 0 Å². The van der Waals surface area contributed by atoms with Gasteiger partial charge in [-0.25, -0.2) is 0 Å². The Hall–Kier alpha value is -2.41. The van der Waals surface area contributed by atoms with E-state index in [0.717, 1.165) is 11.4 Å². The topological polar surface area (TPSA) is 76.9 Å². The number of Topliss-reactive ketones (excluding diaryl/α,β-unsaturated/α-hetero) is 1. The van der Waals surface area contributed by atoms with Gasteiger partial charge >= 0.3 is 0 Å². The molecular weight excluding hydrogens is 336 g/mol. The zero-order chi connectivity index (χ0) is 18.4. The molecule has 0 aliphatic rings. The highest BCUT2D eigenvalue weighted by atomic mass is 32.2. The minimum Gasteiger partial charge on any atom is -0.350 e. The molecule has 6 nitrogen and oxygen atoms in total. The van der Waals surface area contributed by atoms with Gasteiger partial charge in [0, 0.05) is 19.0 Å². The monoisotopic (exact) mass is 358 g/mol. The summed E-state index contributed by atoms with van der Waals surface area (Å²) in [7, 11) is 0. The van der Waals surface area contributed by atoms with Crippen molar-refractivity contribution < 1.29 is 9.59 Å². The lowest BCUT2D eigenvalue weighted by Crippen LogP contribution is -2.23. The molecule has 0 aliphatic heterocycles. The largest absolute Gasteiger partial charge is 0.350 e. The van der Waals surface area contributed by atoms with Crippen molar-refractivity contribution in [3.8, 4) is 0 Å². The van der Waals surface area contributed by atoms with Gasteiger partial charge in [0.1, 0.15) is 5.82 Å². The van der Waals surface area contributed by atoms with Crippen LogP contribution in [0.25, 0.3) is 0 Å². The normalized spacial score (nSPS) is 11.8. The van der Waals surface area contributed by atoms with Gasteiger partial charge in [-0.3, -0.25) is 9.59 Å². The van der Waals surface area contributed by atoms with E-state index in [0.29, 0.717) is 17.3 Å². The van der Waals surface area contributed by atoms with E-state index < -0.39 is 0 Å². The van der Waals surface area contributed by atoms with Crippen molar-refractivity contribution in [2.45, 2.75) is 38.5 Å². The number of thioether (sulfide) groups is 1. The Bertz CT molecular complexity index is 768. The van der Waals surface area contributed by atoms with Crippen LogP contribution in [-0.2, 0) is 11.3 Å². The number of nitrogens with one attached hydrogen (secondary N) is 1. The zero-order valence-corrected chi connectivity index (χ0v) is 15.5. The van der Waals surface area contributed by atoms with E-state index in [9.17, 15) is 9.59 Å². The Morgan fingerprint density at radius 3 is 2.60 bits per heavy atom. The summed E-state index contributed by atoms with van der Waals surface area (Å²) in [6.45, 7) is 9.60. The van der Waals surface area contributed by atoms with Crippen molar-refractivity contribution in [3.05, 3.63) is 53.9 Å². The number of carbonyl (C=O) groups excluding carboxylic acids is 2. The van der Waals surface area contributed by atoms with Gasteiger partial charge in [-0.1, -0.05) is 42.1 Å². The molecule has 1 amide bonds. The van der Waals surface area contributed by atoms with Gasteiger partial charge in [0.25, 0.3) is 0 Å². The number of carbonyl (C=O) groups is 2. The van der Waals surface area contributed by atoms with E-state index >= 15 is 0 Å². The first-order valence-electron chi connectivity index (χ1n) is 7.96. The van der Waals surface area contributed by atoms with Crippen LogP contribution < -0.4 is 5.32 Å². The Balaban J connectivity index is 1.99. The molecule has 0 radical (unpaired) electrons. The van der Waals surface area contributed by atoms with E-state index in [1.807, 2.05) is 30.5 Å². The summed E-state index contributed by atoms with van der Waals surface area (Å²) in [5, 5.41) is 11.7. The molecule has 0 saturated carbocycles. The van der Waals surface area contributed by atoms with Crippen LogP contribution in [0.5, 0.6) is 0 Å². The average molecular weight is 358 g/mol. The first-order valence-corrected chi connectivity index (χ1v) is 8.94. The predicted octanol–water partition coefficient (Wildman–Crippen LogP) is 2.94. The fraction of sp³-hybridized carbons (Fsp3) is 0.333. The molecule has 1 aromatic heterocycles. The maximum atomic E-state index is 12.4. The third-order valence-corrected chi connectivity index (χ3v) is 4.67. The SMILES string of the molecule is C=CCn1c(C)nnc1SCC(=O)c1ccc([C@H](C)NC(C)=O)cc1. The van der Waals surface area contributed by atoms with Crippen LogP contribution in [0.4, 0.5) is 0 Å². The highest BCUT2D eigenvalue weighted by molar-refractivity contribution is 7.99. The summed E-state index contributed by atoms with van der Waals surface area (Å²) in [6.07, 6.45) is 1.78. The van der Waals surface area contributed by atoms with Crippen molar-refractivity contribution in [2.75, 3.05) is 5.75 Å². The second kappa shape index (κ2) is 8.62. The first kappa shape index (κ1) is 18.9. The summed E-state index contributed by atoms with van der Waals surface area (Å²) in [5.74, 6) is 1.03. The minimum absolute atomic E-state index is 0.0227. The van der Waals surface area contributed by atoms with Crippen molar-refractivity contribution in [1.29, 1.82) is 0 Å². The molecule has 132 valence electrons. The molecule has 1 N–H and O–H groups in total. The Morgan fingerprint density at radius 1 is 1.32 bits per heavy atom. The third kappa shape index (κ3) is 5.03. The number of benzene rings is 1. The molecule has 1 atom stereocenters. The number of rotatable bonds is 8. The number of aromatic nitrogens is 3. The number of hydrogen-bond donors (Lipinski definition) is 1. The zero-order valence-electron chi connectivity index (χ0n) is 14.7. The van der Waals surface area contributed by atoms with Gasteiger partial charge < -0.3 is 9.88 Å². The van der Waals surface area contributed by atoms with E-state index in [1.54, 1.807) is 18.2 Å². The molecule has 0 fully saturated rings. The van der Waals surface area contributed by atoms with Crippen LogP contribution in [0.15, 0.2) is 42.1 Å². The van der Waals surface area contributed by atoms with Crippen molar-refractivity contribution in [1.82, 2.24) is 20.1 Å². The molecule has 1 aromatic carbocycles. The Labute approximate surface area is 151 Å². The quantitative estimate of drug-likeness (QED) is 0.446. The van der Waals surface area contributed by atoms with Crippen LogP contribution in [0, 0.1) is 6.92 Å². The lowest BCUT2D eigenvalue weighted by Gasteiger charge is -2.13. The molecule has 25 heavy (non-hydrogen) atoms. The number of ketones is 1. The number of hydrogen-bond acceptors (Lipinski definition) is 5. The third-order valence-electron chi connectivity index (χ3n) is 3.70. The molecule has 7 heteroatoms. The number of amides is 1. The fourth-order valence-electron chi connectivity index (χ4n) is 2.37. The van der Waals surface area contributed by atoms with E-state index in [4.69, 9.17) is 0 Å². The van der Waals surface area contributed by atoms with Gasteiger partial charge in [0.05, 0.1) is 11.8 Å². The fourth-order valence-corrected chi connectivity index (χ4v) is 3.25. The predicted molar refractivity (Wildman–Crippen MR) is 98.7 cm³/mol. The lowest BCUT2D eigenvalue weighted by molar-refractivity contribution is -0.119. The van der Waals surface area contributed by atoms with Crippen molar-refractivity contribution in [2.24, 2.45) is 0 Å². The molecule has 0 saturated heterocycles. The molecule has 2 aromatic rings. The smallest absolute Gasteiger partial charge is 0.217 e. The molecule has 0 spiro atoms. The van der Waals surface area contributed by atoms with Crippen LogP contribution in [-0.4, -0.2) is 32.2 Å². The summed E-state index contributed by atoms with van der Waals surface area (Å²) >= 11 is 1.36. The van der Waals surface area contributed by atoms with Crippen molar-refractivity contribution >= 4 is 23.5 Å². The maximum absolute atomic E-state index is 12.4. The second-order valence-corrected chi connectivity index (χ2v) is 6.63. The van der Waals surface area contributed by atoms with E-state index in [-0.39, 0.29) is 23.5 Å². The van der Waals surface area contributed by atoms with E-state index in [1.165, 1.54) is 18.7 Å². The van der Waals surface area contributed by atoms with Gasteiger partial charge in [-0.15, -0.1) is 16.8 Å². The molecule has 0 bridgehead atoms. The maximum Gasteiger partial charge on any atom is 0.217 e. The molecule has 0 unspecified atom stereocenters. The summed E-state index contributed by atoms with van der Waals surface area (Å²) in [6, 6.07) is 7.22. The highest BCUT2D eigenvalue weighted by Crippen LogP contribution is 2.19. The Morgan fingerprint density at radius 2 is 2.00 bits per heavy atom. The van der Waals surface area contributed by atoms with Crippen LogP contribution >= 0.6 is 11.8 Å².